The Labute approximate surface area is 111 Å². The Balaban J connectivity index is 1.74. The summed E-state index contributed by atoms with van der Waals surface area (Å²) in [5.41, 5.74) is 2.89. The molecule has 1 aromatic rings. The zero-order valence-corrected chi connectivity index (χ0v) is 11.9. The maximum Gasteiger partial charge on any atom is 0.00941 e. The molecular weight excluding hydrogens is 220 g/mol. The molecule has 0 bridgehead atoms. The quantitative estimate of drug-likeness (QED) is 0.878. The van der Waals surface area contributed by atoms with Crippen LogP contribution >= 0.6 is 0 Å². The topological polar surface area (TPSA) is 15.3 Å². The number of hydrogen-bond donors (Lipinski definition) is 1. The molecule has 1 heterocycles. The van der Waals surface area contributed by atoms with Crippen molar-refractivity contribution in [3.05, 3.63) is 35.4 Å². The molecule has 1 aliphatic rings. The Hall–Kier alpha value is -0.860. The number of piperidine rings is 1. The second kappa shape index (κ2) is 6.35. The largest absolute Gasteiger partial charge is 0.314 e. The normalized spacial score (nSPS) is 25.3. The van der Waals surface area contributed by atoms with Crippen molar-refractivity contribution in [2.45, 2.75) is 45.2 Å². The van der Waals surface area contributed by atoms with Gasteiger partial charge < -0.3 is 10.2 Å². The van der Waals surface area contributed by atoms with Gasteiger partial charge in [-0.1, -0.05) is 24.3 Å². The minimum Gasteiger partial charge on any atom is -0.314 e. The average Bonchev–Trinajstić information content (AvgIpc) is 2.36. The predicted molar refractivity (Wildman–Crippen MR) is 78.0 cm³/mol. The zero-order valence-electron chi connectivity index (χ0n) is 11.9. The van der Waals surface area contributed by atoms with Crippen LogP contribution in [0, 0.1) is 6.92 Å². The standard InChI is InChI=1S/C16H26N2/c1-13-6-4-5-7-15(13)8-10-17-16-9-11-18(3)14(2)12-16/h4-7,14,16-17H,8-12H2,1-3H3. The van der Waals surface area contributed by atoms with E-state index in [2.05, 4.69) is 55.4 Å². The lowest BCUT2D eigenvalue weighted by molar-refractivity contribution is 0.169. The Morgan fingerprint density at radius 2 is 2.11 bits per heavy atom. The Morgan fingerprint density at radius 3 is 2.83 bits per heavy atom. The molecule has 0 aromatic heterocycles. The molecule has 2 atom stereocenters. The van der Waals surface area contributed by atoms with Crippen LogP contribution in [0.15, 0.2) is 24.3 Å². The van der Waals surface area contributed by atoms with Crippen LogP contribution in [0.2, 0.25) is 0 Å². The fourth-order valence-corrected chi connectivity index (χ4v) is 2.78. The third-order valence-corrected chi connectivity index (χ3v) is 4.30. The molecule has 1 saturated heterocycles. The summed E-state index contributed by atoms with van der Waals surface area (Å²) >= 11 is 0. The van der Waals surface area contributed by atoms with Gasteiger partial charge in [0.2, 0.25) is 0 Å². The maximum atomic E-state index is 3.72. The summed E-state index contributed by atoms with van der Waals surface area (Å²) in [6.07, 6.45) is 3.71. The lowest BCUT2D eigenvalue weighted by Gasteiger charge is -2.35. The number of likely N-dealkylation sites (tertiary alicyclic amines) is 1. The van der Waals surface area contributed by atoms with Gasteiger partial charge in [-0.25, -0.2) is 0 Å². The molecule has 2 nitrogen and oxygen atoms in total. The first-order valence-electron chi connectivity index (χ1n) is 7.15. The van der Waals surface area contributed by atoms with Crippen molar-refractivity contribution >= 4 is 0 Å². The third-order valence-electron chi connectivity index (χ3n) is 4.30. The molecule has 0 spiro atoms. The number of rotatable bonds is 4. The van der Waals surface area contributed by atoms with Crippen molar-refractivity contribution in [1.29, 1.82) is 0 Å². The first-order valence-corrected chi connectivity index (χ1v) is 7.15. The summed E-state index contributed by atoms with van der Waals surface area (Å²) < 4.78 is 0. The second-order valence-corrected chi connectivity index (χ2v) is 5.68. The van der Waals surface area contributed by atoms with E-state index < -0.39 is 0 Å². The van der Waals surface area contributed by atoms with Crippen molar-refractivity contribution < 1.29 is 0 Å². The van der Waals surface area contributed by atoms with E-state index in [1.807, 2.05) is 0 Å². The molecule has 1 aromatic carbocycles. The molecule has 2 rings (SSSR count). The minimum atomic E-state index is 0.709. The first-order chi connectivity index (χ1) is 8.66. The van der Waals surface area contributed by atoms with Gasteiger partial charge in [0.1, 0.15) is 0 Å². The van der Waals surface area contributed by atoms with Crippen molar-refractivity contribution in [2.75, 3.05) is 20.1 Å². The third kappa shape index (κ3) is 3.56. The molecule has 100 valence electrons. The maximum absolute atomic E-state index is 3.72. The Morgan fingerprint density at radius 1 is 1.33 bits per heavy atom. The van der Waals surface area contributed by atoms with Crippen LogP contribution in [-0.2, 0) is 6.42 Å². The molecule has 18 heavy (non-hydrogen) atoms. The van der Waals surface area contributed by atoms with Gasteiger partial charge in [-0.2, -0.15) is 0 Å². The molecule has 0 aliphatic carbocycles. The van der Waals surface area contributed by atoms with Crippen LogP contribution in [0.1, 0.15) is 30.9 Å². The van der Waals surface area contributed by atoms with E-state index in [1.165, 1.54) is 30.5 Å². The highest BCUT2D eigenvalue weighted by atomic mass is 15.1. The zero-order chi connectivity index (χ0) is 13.0. The van der Waals surface area contributed by atoms with E-state index in [0.717, 1.165) is 19.0 Å². The fraction of sp³-hybridized carbons (Fsp3) is 0.625. The predicted octanol–water partition coefficient (Wildman–Crippen LogP) is 2.61. The lowest BCUT2D eigenvalue weighted by Crippen LogP contribution is -2.46. The van der Waals surface area contributed by atoms with E-state index in [9.17, 15) is 0 Å². The molecule has 2 unspecified atom stereocenters. The van der Waals surface area contributed by atoms with Gasteiger partial charge >= 0.3 is 0 Å². The molecule has 1 N–H and O–H groups in total. The first kappa shape index (κ1) is 13.6. The van der Waals surface area contributed by atoms with E-state index in [0.29, 0.717) is 6.04 Å². The lowest BCUT2D eigenvalue weighted by atomic mass is 9.98. The van der Waals surface area contributed by atoms with Crippen LogP contribution in [0.5, 0.6) is 0 Å². The molecule has 1 fully saturated rings. The van der Waals surface area contributed by atoms with Gasteiger partial charge in [0, 0.05) is 12.1 Å². The molecule has 0 amide bonds. The highest BCUT2D eigenvalue weighted by Crippen LogP contribution is 2.15. The highest BCUT2D eigenvalue weighted by Gasteiger charge is 2.21. The number of aryl methyl sites for hydroxylation is 1. The summed E-state index contributed by atoms with van der Waals surface area (Å²) in [5, 5.41) is 3.72. The molecule has 2 heteroatoms. The second-order valence-electron chi connectivity index (χ2n) is 5.68. The van der Waals surface area contributed by atoms with E-state index in [1.54, 1.807) is 0 Å². The number of nitrogens with zero attached hydrogens (tertiary/aromatic N) is 1. The van der Waals surface area contributed by atoms with Crippen molar-refractivity contribution in [1.82, 2.24) is 10.2 Å². The van der Waals surface area contributed by atoms with Crippen molar-refractivity contribution in [3.63, 3.8) is 0 Å². The van der Waals surface area contributed by atoms with Gasteiger partial charge in [-0.05, 0) is 64.4 Å². The number of nitrogens with one attached hydrogen (secondary N) is 1. The summed E-state index contributed by atoms with van der Waals surface area (Å²) in [6, 6.07) is 10.1. The monoisotopic (exact) mass is 246 g/mol. The van der Waals surface area contributed by atoms with Crippen LogP contribution < -0.4 is 5.32 Å². The highest BCUT2D eigenvalue weighted by molar-refractivity contribution is 5.25. The summed E-state index contributed by atoms with van der Waals surface area (Å²) in [6.45, 7) is 6.86. The summed E-state index contributed by atoms with van der Waals surface area (Å²) in [7, 11) is 2.23. The molecule has 1 aliphatic heterocycles. The van der Waals surface area contributed by atoms with Crippen LogP contribution in [0.3, 0.4) is 0 Å². The Kier molecular flexibility index (Phi) is 4.79. The number of hydrogen-bond acceptors (Lipinski definition) is 2. The van der Waals surface area contributed by atoms with Crippen LogP contribution in [0.4, 0.5) is 0 Å². The smallest absolute Gasteiger partial charge is 0.00941 e. The van der Waals surface area contributed by atoms with E-state index in [4.69, 9.17) is 0 Å². The van der Waals surface area contributed by atoms with E-state index in [-0.39, 0.29) is 0 Å². The molecular formula is C16H26N2. The van der Waals surface area contributed by atoms with Crippen LogP contribution in [-0.4, -0.2) is 37.1 Å². The fourth-order valence-electron chi connectivity index (χ4n) is 2.78. The van der Waals surface area contributed by atoms with Crippen molar-refractivity contribution in [2.24, 2.45) is 0 Å². The van der Waals surface area contributed by atoms with Crippen LogP contribution in [0.25, 0.3) is 0 Å². The van der Waals surface area contributed by atoms with Crippen molar-refractivity contribution in [3.8, 4) is 0 Å². The summed E-state index contributed by atoms with van der Waals surface area (Å²) in [5.74, 6) is 0. The summed E-state index contributed by atoms with van der Waals surface area (Å²) in [4.78, 5) is 2.46. The molecule has 0 radical (unpaired) electrons. The van der Waals surface area contributed by atoms with Gasteiger partial charge in [0.15, 0.2) is 0 Å². The van der Waals surface area contributed by atoms with Gasteiger partial charge in [0.25, 0.3) is 0 Å². The molecule has 0 saturated carbocycles. The minimum absolute atomic E-state index is 0.709. The Bertz CT molecular complexity index is 375. The van der Waals surface area contributed by atoms with E-state index >= 15 is 0 Å². The SMILES string of the molecule is Cc1ccccc1CCNC1CCN(C)C(C)C1. The van der Waals surface area contributed by atoms with Gasteiger partial charge in [-0.3, -0.25) is 0 Å². The van der Waals surface area contributed by atoms with Gasteiger partial charge in [-0.15, -0.1) is 0 Å². The number of benzene rings is 1. The van der Waals surface area contributed by atoms with Gasteiger partial charge in [0.05, 0.1) is 0 Å². The average molecular weight is 246 g/mol.